The van der Waals surface area contributed by atoms with Gasteiger partial charge >= 0.3 is 11.9 Å². The predicted molar refractivity (Wildman–Crippen MR) is 32.3 cm³/mol. The van der Waals surface area contributed by atoms with Crippen molar-refractivity contribution in [2.24, 2.45) is 0 Å². The predicted octanol–water partition coefficient (Wildman–Crippen LogP) is -2.55. The number of carbonyl (C=O) groups excluding carboxylic acids is 1. The average molecular weight is 178 g/mol. The van der Waals surface area contributed by atoms with Crippen LogP contribution < -0.4 is 0 Å². The second-order valence-corrected chi connectivity index (χ2v) is 1.99. The molecule has 0 aromatic rings. The van der Waals surface area contributed by atoms with Gasteiger partial charge in [-0.2, -0.15) is 0 Å². The van der Waals surface area contributed by atoms with Gasteiger partial charge in [0.15, 0.2) is 12.4 Å². The minimum absolute atomic E-state index is 0.547. The highest BCUT2D eigenvalue weighted by Gasteiger charge is 2.48. The number of aliphatic carboxylic acids is 2. The number of hydrogen-bond acceptors (Lipinski definition) is 5. The molecule has 0 heterocycles. The molecule has 0 radical (unpaired) electrons. The fourth-order valence-electron chi connectivity index (χ4n) is 0.420. The van der Waals surface area contributed by atoms with Crippen molar-refractivity contribution in [3.63, 3.8) is 0 Å². The lowest BCUT2D eigenvalue weighted by Crippen LogP contribution is -2.54. The molecular weight excluding hydrogens is 172 g/mol. The van der Waals surface area contributed by atoms with Crippen LogP contribution in [0.25, 0.3) is 0 Å². The Morgan fingerprint density at radius 2 is 1.75 bits per heavy atom. The normalized spacial score (nSPS) is 17.5. The van der Waals surface area contributed by atoms with Crippen molar-refractivity contribution in [3.8, 4) is 0 Å². The van der Waals surface area contributed by atoms with E-state index in [1.165, 1.54) is 0 Å². The maximum absolute atomic E-state index is 10.1. The van der Waals surface area contributed by atoms with Gasteiger partial charge in [-0.3, -0.25) is 4.79 Å². The number of aliphatic hydroxyl groups excluding tert-OH is 1. The summed E-state index contributed by atoms with van der Waals surface area (Å²) in [6.45, 7) is 0. The van der Waals surface area contributed by atoms with E-state index in [2.05, 4.69) is 0 Å². The Hall–Kier alpha value is -1.47. The number of carbonyl (C=O) groups is 3. The highest BCUT2D eigenvalue weighted by atomic mass is 16.4. The molecule has 0 spiro atoms. The molecule has 7 nitrogen and oxygen atoms in total. The quantitative estimate of drug-likeness (QED) is 0.275. The lowest BCUT2D eigenvalue weighted by Gasteiger charge is -2.18. The van der Waals surface area contributed by atoms with Crippen molar-refractivity contribution in [2.75, 3.05) is 0 Å². The first-order valence-electron chi connectivity index (χ1n) is 2.69. The molecule has 0 aromatic carbocycles. The van der Waals surface area contributed by atoms with Crippen molar-refractivity contribution in [1.82, 2.24) is 0 Å². The average Bonchev–Trinajstić information content (AvgIpc) is 2.01. The summed E-state index contributed by atoms with van der Waals surface area (Å²) < 4.78 is 0. The van der Waals surface area contributed by atoms with E-state index >= 15 is 0 Å². The summed E-state index contributed by atoms with van der Waals surface area (Å²) >= 11 is 0. The van der Waals surface area contributed by atoms with Gasteiger partial charge in [-0.25, -0.2) is 9.59 Å². The van der Waals surface area contributed by atoms with Crippen molar-refractivity contribution in [2.45, 2.75) is 11.7 Å². The van der Waals surface area contributed by atoms with Gasteiger partial charge in [0.2, 0.25) is 0 Å². The Morgan fingerprint density at radius 3 is 1.83 bits per heavy atom. The topological polar surface area (TPSA) is 132 Å². The highest BCUT2D eigenvalue weighted by Crippen LogP contribution is 2.08. The summed E-state index contributed by atoms with van der Waals surface area (Å²) in [5.41, 5.74) is -3.29. The van der Waals surface area contributed by atoms with E-state index in [-0.39, 0.29) is 0 Å². The number of carboxylic acids is 2. The number of rotatable bonds is 4. The summed E-state index contributed by atoms with van der Waals surface area (Å²) in [7, 11) is 0. The van der Waals surface area contributed by atoms with E-state index in [4.69, 9.17) is 20.4 Å². The van der Waals surface area contributed by atoms with Crippen LogP contribution in [0.4, 0.5) is 0 Å². The van der Waals surface area contributed by atoms with Crippen LogP contribution in [0.15, 0.2) is 0 Å². The summed E-state index contributed by atoms with van der Waals surface area (Å²) in [5, 5.41) is 33.5. The van der Waals surface area contributed by atoms with Crippen LogP contribution in [0, 0.1) is 0 Å². The molecule has 2 atom stereocenters. The monoisotopic (exact) mass is 178 g/mol. The van der Waals surface area contributed by atoms with Crippen LogP contribution in [0.2, 0.25) is 0 Å². The van der Waals surface area contributed by atoms with Gasteiger partial charge in [0.1, 0.15) is 0 Å². The van der Waals surface area contributed by atoms with Gasteiger partial charge in [0.25, 0.3) is 5.60 Å². The zero-order chi connectivity index (χ0) is 9.94. The Labute approximate surface area is 65.9 Å². The molecule has 0 unspecified atom stereocenters. The van der Waals surface area contributed by atoms with E-state index in [0.29, 0.717) is 0 Å². The van der Waals surface area contributed by atoms with Crippen LogP contribution in [0.3, 0.4) is 0 Å². The van der Waals surface area contributed by atoms with E-state index in [9.17, 15) is 14.4 Å². The zero-order valence-electron chi connectivity index (χ0n) is 5.67. The summed E-state index contributed by atoms with van der Waals surface area (Å²) in [4.78, 5) is 30.0. The van der Waals surface area contributed by atoms with E-state index in [1.807, 2.05) is 0 Å². The Balaban J connectivity index is 4.87. The third kappa shape index (κ3) is 1.57. The maximum Gasteiger partial charge on any atom is 0.346 e. The fraction of sp³-hybridized carbons (Fsp3) is 0.400. The minimum Gasteiger partial charge on any atom is -0.479 e. The van der Waals surface area contributed by atoms with Gasteiger partial charge in [0, 0.05) is 0 Å². The Kier molecular flexibility index (Phi) is 2.88. The molecule has 0 saturated carbocycles. The maximum atomic E-state index is 10.1. The molecule has 12 heavy (non-hydrogen) atoms. The van der Waals surface area contributed by atoms with Crippen LogP contribution in [0.5, 0.6) is 0 Å². The van der Waals surface area contributed by atoms with Gasteiger partial charge in [-0.05, 0) is 0 Å². The van der Waals surface area contributed by atoms with Gasteiger partial charge < -0.3 is 20.4 Å². The molecular formula is C5H6O7. The van der Waals surface area contributed by atoms with Crippen molar-refractivity contribution < 1.29 is 34.8 Å². The van der Waals surface area contributed by atoms with Crippen LogP contribution >= 0.6 is 0 Å². The number of hydrogen-bond donors (Lipinski definition) is 4. The number of carboxylic acid groups (broad SMARTS) is 2. The molecule has 4 N–H and O–H groups in total. The third-order valence-corrected chi connectivity index (χ3v) is 1.17. The number of aldehydes is 1. The first kappa shape index (κ1) is 10.5. The standard InChI is InChI=1S/C5H6O7/c6-1-5(12,4(10)11)2(7)3(8)9/h1-2,7,12H,(H,8,9)(H,10,11)/t2-,5+/m0/s1. The molecule has 7 heteroatoms. The molecule has 0 aliphatic rings. The zero-order valence-corrected chi connectivity index (χ0v) is 5.67. The van der Waals surface area contributed by atoms with Gasteiger partial charge in [-0.1, -0.05) is 0 Å². The smallest absolute Gasteiger partial charge is 0.346 e. The van der Waals surface area contributed by atoms with Crippen LogP contribution in [-0.2, 0) is 14.4 Å². The van der Waals surface area contributed by atoms with Crippen molar-refractivity contribution in [3.05, 3.63) is 0 Å². The third-order valence-electron chi connectivity index (χ3n) is 1.17. The summed E-state index contributed by atoms with van der Waals surface area (Å²) in [6.07, 6.45) is -3.22. The number of aliphatic hydroxyl groups is 2. The molecule has 68 valence electrons. The summed E-state index contributed by atoms with van der Waals surface area (Å²) in [6, 6.07) is 0. The van der Waals surface area contributed by atoms with Gasteiger partial charge in [0.05, 0.1) is 0 Å². The van der Waals surface area contributed by atoms with E-state index in [0.717, 1.165) is 0 Å². The van der Waals surface area contributed by atoms with Crippen LogP contribution in [-0.4, -0.2) is 50.4 Å². The fourth-order valence-corrected chi connectivity index (χ4v) is 0.420. The molecule has 0 aliphatic carbocycles. The lowest BCUT2D eigenvalue weighted by molar-refractivity contribution is -0.182. The molecule has 0 aromatic heterocycles. The van der Waals surface area contributed by atoms with Crippen molar-refractivity contribution >= 4 is 18.2 Å². The second-order valence-electron chi connectivity index (χ2n) is 1.99. The van der Waals surface area contributed by atoms with Crippen molar-refractivity contribution in [1.29, 1.82) is 0 Å². The largest absolute Gasteiger partial charge is 0.479 e. The molecule has 0 amide bonds. The first-order chi connectivity index (χ1) is 5.36. The molecule has 0 aliphatic heterocycles. The van der Waals surface area contributed by atoms with E-state index < -0.39 is 29.9 Å². The Morgan fingerprint density at radius 1 is 1.33 bits per heavy atom. The highest BCUT2D eigenvalue weighted by molar-refractivity contribution is 6.01. The Bertz CT molecular complexity index is 222. The van der Waals surface area contributed by atoms with Gasteiger partial charge in [-0.15, -0.1) is 0 Å². The molecule has 0 bridgehead atoms. The summed E-state index contributed by atoms with van der Waals surface area (Å²) in [5.74, 6) is -4.11. The molecule has 0 rings (SSSR count). The van der Waals surface area contributed by atoms with Crippen LogP contribution in [0.1, 0.15) is 0 Å². The molecule has 0 saturated heterocycles. The van der Waals surface area contributed by atoms with E-state index in [1.54, 1.807) is 0 Å². The molecule has 0 fully saturated rings. The SMILES string of the molecule is O=C[C@](O)(C(=O)O)[C@@H](O)C(=O)O. The first-order valence-corrected chi connectivity index (χ1v) is 2.69. The second kappa shape index (κ2) is 3.28. The minimum atomic E-state index is -3.29. The lowest BCUT2D eigenvalue weighted by atomic mass is 9.99.